The van der Waals surface area contributed by atoms with Gasteiger partial charge in [-0.3, -0.25) is 4.79 Å². The van der Waals surface area contributed by atoms with E-state index in [9.17, 15) is 4.79 Å². The highest BCUT2D eigenvalue weighted by atomic mass is 79.9. The van der Waals surface area contributed by atoms with Crippen molar-refractivity contribution in [2.45, 2.75) is 19.3 Å². The Hall–Kier alpha value is -1.23. The molecule has 5 heteroatoms. The first kappa shape index (κ1) is 9.03. The van der Waals surface area contributed by atoms with E-state index in [0.29, 0.717) is 16.7 Å². The number of carbonyl (C=O) groups excluding carboxylic acids is 1. The number of aromatic nitrogens is 3. The number of fused-ring (bicyclic) bond motifs is 3. The molecule has 0 aromatic carbocycles. The van der Waals surface area contributed by atoms with Crippen molar-refractivity contribution < 1.29 is 4.79 Å². The number of carbonyl (C=O) groups is 1. The Balaban J connectivity index is 2.38. The van der Waals surface area contributed by atoms with Crippen LogP contribution in [0.1, 0.15) is 29.0 Å². The minimum Gasteiger partial charge on any atom is -0.292 e. The summed E-state index contributed by atoms with van der Waals surface area (Å²) in [4.78, 5) is 16.2. The van der Waals surface area contributed by atoms with Gasteiger partial charge in [-0.15, -0.1) is 0 Å². The number of halogens is 1. The summed E-state index contributed by atoms with van der Waals surface area (Å²) in [6.07, 6.45) is 2.38. The lowest BCUT2D eigenvalue weighted by atomic mass is 10.0. The van der Waals surface area contributed by atoms with Crippen LogP contribution in [0.2, 0.25) is 0 Å². The van der Waals surface area contributed by atoms with Crippen molar-refractivity contribution in [3.8, 4) is 0 Å². The molecule has 2 heterocycles. The van der Waals surface area contributed by atoms with E-state index in [4.69, 9.17) is 0 Å². The monoisotopic (exact) mass is 265 g/mol. The van der Waals surface area contributed by atoms with Crippen LogP contribution >= 0.6 is 15.9 Å². The molecule has 1 aliphatic carbocycles. The number of rotatable bonds is 0. The van der Waals surface area contributed by atoms with Crippen LogP contribution in [0.4, 0.5) is 0 Å². The van der Waals surface area contributed by atoms with Gasteiger partial charge in [-0.25, -0.2) is 9.50 Å². The molecule has 0 amide bonds. The molecular weight excluding hydrogens is 258 g/mol. The first-order valence-corrected chi connectivity index (χ1v) is 5.62. The zero-order valence-corrected chi connectivity index (χ0v) is 9.49. The van der Waals surface area contributed by atoms with Crippen LogP contribution < -0.4 is 0 Å². The predicted molar refractivity (Wildman–Crippen MR) is 58.0 cm³/mol. The van der Waals surface area contributed by atoms with E-state index in [-0.39, 0.29) is 5.78 Å². The van der Waals surface area contributed by atoms with Crippen molar-refractivity contribution in [3.63, 3.8) is 0 Å². The third-order valence-electron chi connectivity index (χ3n) is 2.60. The maximum absolute atomic E-state index is 11.8. The normalized spacial score (nSPS) is 15.7. The lowest BCUT2D eigenvalue weighted by molar-refractivity contribution is 0.0965. The van der Waals surface area contributed by atoms with E-state index >= 15 is 0 Å². The van der Waals surface area contributed by atoms with Crippen LogP contribution in [0.5, 0.6) is 0 Å². The molecule has 3 rings (SSSR count). The molecule has 0 fully saturated rings. The number of hydrogen-bond donors (Lipinski definition) is 0. The molecule has 0 N–H and O–H groups in total. The maximum atomic E-state index is 11.8. The molecule has 0 unspecified atom stereocenters. The van der Waals surface area contributed by atoms with Crippen molar-refractivity contribution >= 4 is 27.4 Å². The number of Topliss-reactive ketones (excluding diaryl/α,β-unsaturated/α-hetero) is 1. The van der Waals surface area contributed by atoms with Gasteiger partial charge >= 0.3 is 0 Å². The SMILES string of the molecule is O=C1CCCc2nc3ccc(Br)nn3c21. The van der Waals surface area contributed by atoms with Crippen molar-refractivity contribution in [3.05, 3.63) is 28.1 Å². The van der Waals surface area contributed by atoms with Crippen LogP contribution in [0.25, 0.3) is 5.65 Å². The fourth-order valence-electron chi connectivity index (χ4n) is 1.94. The highest BCUT2D eigenvalue weighted by Crippen LogP contribution is 2.22. The van der Waals surface area contributed by atoms with E-state index in [2.05, 4.69) is 26.0 Å². The molecular formula is C10H8BrN3O. The van der Waals surface area contributed by atoms with E-state index in [1.165, 1.54) is 0 Å². The van der Waals surface area contributed by atoms with E-state index in [1.807, 2.05) is 12.1 Å². The molecule has 0 bridgehead atoms. The number of hydrogen-bond acceptors (Lipinski definition) is 3. The maximum Gasteiger partial charge on any atom is 0.183 e. The lowest BCUT2D eigenvalue weighted by Crippen LogP contribution is -2.13. The second kappa shape index (κ2) is 3.13. The van der Waals surface area contributed by atoms with Gasteiger partial charge < -0.3 is 0 Å². The Labute approximate surface area is 94.4 Å². The van der Waals surface area contributed by atoms with Gasteiger partial charge in [0.2, 0.25) is 0 Å². The van der Waals surface area contributed by atoms with Crippen LogP contribution in [0.3, 0.4) is 0 Å². The molecule has 4 nitrogen and oxygen atoms in total. The standard InChI is InChI=1S/C10H8BrN3O/c11-8-4-5-9-12-6-2-1-3-7(15)10(6)14(9)13-8/h4-5H,1-3H2. The van der Waals surface area contributed by atoms with E-state index < -0.39 is 0 Å². The summed E-state index contributed by atoms with van der Waals surface area (Å²) in [5.41, 5.74) is 2.30. The molecule has 0 radical (unpaired) electrons. The second-order valence-electron chi connectivity index (χ2n) is 3.61. The van der Waals surface area contributed by atoms with Gasteiger partial charge in [-0.05, 0) is 40.9 Å². The Morgan fingerprint density at radius 3 is 3.07 bits per heavy atom. The molecule has 0 atom stereocenters. The van der Waals surface area contributed by atoms with E-state index in [1.54, 1.807) is 4.52 Å². The highest BCUT2D eigenvalue weighted by molar-refractivity contribution is 9.10. The number of imidazole rings is 1. The summed E-state index contributed by atoms with van der Waals surface area (Å²) in [5, 5.41) is 4.25. The van der Waals surface area contributed by atoms with Crippen LogP contribution in [0.15, 0.2) is 16.7 Å². The zero-order chi connectivity index (χ0) is 10.4. The van der Waals surface area contributed by atoms with Crippen molar-refractivity contribution in [2.75, 3.05) is 0 Å². The highest BCUT2D eigenvalue weighted by Gasteiger charge is 2.23. The third-order valence-corrected chi connectivity index (χ3v) is 3.02. The summed E-state index contributed by atoms with van der Waals surface area (Å²) in [5.74, 6) is 0.148. The predicted octanol–water partition coefficient (Wildman–Crippen LogP) is 2.01. The van der Waals surface area contributed by atoms with Crippen LogP contribution in [-0.4, -0.2) is 20.4 Å². The van der Waals surface area contributed by atoms with E-state index in [0.717, 1.165) is 24.2 Å². The zero-order valence-electron chi connectivity index (χ0n) is 7.90. The minimum atomic E-state index is 0.148. The van der Waals surface area contributed by atoms with Crippen LogP contribution in [0, 0.1) is 0 Å². The molecule has 76 valence electrons. The van der Waals surface area contributed by atoms with Crippen molar-refractivity contribution in [1.82, 2.24) is 14.6 Å². The van der Waals surface area contributed by atoms with Gasteiger partial charge in [0.05, 0.1) is 5.69 Å². The molecule has 1 aliphatic rings. The lowest BCUT2D eigenvalue weighted by Gasteiger charge is -2.08. The van der Waals surface area contributed by atoms with Gasteiger partial charge in [0.1, 0.15) is 10.3 Å². The van der Waals surface area contributed by atoms with Gasteiger partial charge in [0.25, 0.3) is 0 Å². The topological polar surface area (TPSA) is 47.3 Å². The molecule has 0 saturated carbocycles. The van der Waals surface area contributed by atoms with Crippen molar-refractivity contribution in [1.29, 1.82) is 0 Å². The van der Waals surface area contributed by atoms with Gasteiger partial charge in [-0.2, -0.15) is 5.10 Å². The molecule has 0 saturated heterocycles. The quantitative estimate of drug-likeness (QED) is 0.732. The summed E-state index contributed by atoms with van der Waals surface area (Å²) in [6.45, 7) is 0. The Morgan fingerprint density at radius 2 is 2.20 bits per heavy atom. The average molecular weight is 266 g/mol. The second-order valence-corrected chi connectivity index (χ2v) is 4.42. The summed E-state index contributed by atoms with van der Waals surface area (Å²) in [7, 11) is 0. The fourth-order valence-corrected chi connectivity index (χ4v) is 2.24. The van der Waals surface area contributed by atoms with Crippen LogP contribution in [-0.2, 0) is 6.42 Å². The Bertz CT molecular complexity index is 561. The number of aryl methyl sites for hydroxylation is 1. The third kappa shape index (κ3) is 1.30. The Morgan fingerprint density at radius 1 is 1.33 bits per heavy atom. The fraction of sp³-hybridized carbons (Fsp3) is 0.300. The summed E-state index contributed by atoms with van der Waals surface area (Å²) >= 11 is 3.29. The summed E-state index contributed by atoms with van der Waals surface area (Å²) in [6, 6.07) is 3.70. The Kier molecular flexibility index (Phi) is 1.88. The van der Waals surface area contributed by atoms with Crippen molar-refractivity contribution in [2.24, 2.45) is 0 Å². The number of nitrogens with zero attached hydrogens (tertiary/aromatic N) is 3. The average Bonchev–Trinajstić information content (AvgIpc) is 2.57. The first-order valence-electron chi connectivity index (χ1n) is 4.83. The van der Waals surface area contributed by atoms with Gasteiger partial charge in [0.15, 0.2) is 11.4 Å². The van der Waals surface area contributed by atoms with Gasteiger partial charge in [-0.1, -0.05) is 0 Å². The largest absolute Gasteiger partial charge is 0.292 e. The number of ketones is 1. The molecule has 15 heavy (non-hydrogen) atoms. The first-order chi connectivity index (χ1) is 7.25. The summed E-state index contributed by atoms with van der Waals surface area (Å²) < 4.78 is 2.36. The van der Waals surface area contributed by atoms with Gasteiger partial charge in [0, 0.05) is 6.42 Å². The molecule has 0 aliphatic heterocycles. The smallest absolute Gasteiger partial charge is 0.183 e. The molecule has 0 spiro atoms. The molecule has 2 aromatic rings. The molecule has 2 aromatic heterocycles. The minimum absolute atomic E-state index is 0.148.